The second kappa shape index (κ2) is 2.12. The van der Waals surface area contributed by atoms with Crippen molar-refractivity contribution in [2.75, 3.05) is 0 Å². The van der Waals surface area contributed by atoms with Gasteiger partial charge in [-0.25, -0.2) is 4.98 Å². The fourth-order valence-electron chi connectivity index (χ4n) is 1.87. The van der Waals surface area contributed by atoms with E-state index in [1.165, 1.54) is 12.8 Å². The molecular formula is C10H15NO. The highest BCUT2D eigenvalue weighted by atomic mass is 16.3. The van der Waals surface area contributed by atoms with Gasteiger partial charge in [-0.3, -0.25) is 0 Å². The summed E-state index contributed by atoms with van der Waals surface area (Å²) in [7, 11) is 0. The molecule has 1 aromatic rings. The van der Waals surface area contributed by atoms with E-state index in [2.05, 4.69) is 25.8 Å². The standard InChI is InChI=1S/C10H15NO/c1-9(2,3)10(4-5-10)8-11-6-7-12-8/h6-7H,4-5H2,1-3H3. The van der Waals surface area contributed by atoms with Crippen molar-refractivity contribution >= 4 is 0 Å². The maximum Gasteiger partial charge on any atom is 0.200 e. The van der Waals surface area contributed by atoms with Gasteiger partial charge >= 0.3 is 0 Å². The van der Waals surface area contributed by atoms with Crippen LogP contribution in [0.1, 0.15) is 39.5 Å². The molecular weight excluding hydrogens is 150 g/mol. The first-order valence-corrected chi connectivity index (χ1v) is 4.46. The summed E-state index contributed by atoms with van der Waals surface area (Å²) in [5.74, 6) is 0.926. The molecule has 2 rings (SSSR count). The number of nitrogens with zero attached hydrogens (tertiary/aromatic N) is 1. The van der Waals surface area contributed by atoms with E-state index in [1.54, 1.807) is 12.5 Å². The molecule has 1 aromatic heterocycles. The van der Waals surface area contributed by atoms with Gasteiger partial charge in [0.2, 0.25) is 5.89 Å². The predicted octanol–water partition coefficient (Wildman–Crippen LogP) is 2.75. The Morgan fingerprint density at radius 2 is 2.08 bits per heavy atom. The molecule has 1 saturated carbocycles. The third-order valence-electron chi connectivity index (χ3n) is 3.03. The Bertz CT molecular complexity index is 265. The van der Waals surface area contributed by atoms with Crippen LogP contribution in [0.4, 0.5) is 0 Å². The number of hydrogen-bond donors (Lipinski definition) is 0. The number of aromatic nitrogens is 1. The van der Waals surface area contributed by atoms with Crippen LogP contribution in [-0.2, 0) is 5.41 Å². The van der Waals surface area contributed by atoms with E-state index in [1.807, 2.05) is 0 Å². The van der Waals surface area contributed by atoms with Gasteiger partial charge in [-0.15, -0.1) is 0 Å². The molecule has 66 valence electrons. The first-order chi connectivity index (χ1) is 5.56. The van der Waals surface area contributed by atoms with Gasteiger partial charge in [0.1, 0.15) is 6.26 Å². The van der Waals surface area contributed by atoms with E-state index >= 15 is 0 Å². The van der Waals surface area contributed by atoms with Crippen molar-refractivity contribution in [1.82, 2.24) is 4.98 Å². The molecule has 1 fully saturated rings. The third kappa shape index (κ3) is 0.904. The Hall–Kier alpha value is -0.790. The molecule has 1 aliphatic rings. The zero-order valence-corrected chi connectivity index (χ0v) is 7.92. The van der Waals surface area contributed by atoms with Gasteiger partial charge in [-0.2, -0.15) is 0 Å². The number of oxazole rings is 1. The Kier molecular flexibility index (Phi) is 1.39. The normalized spacial score (nSPS) is 20.9. The van der Waals surface area contributed by atoms with E-state index < -0.39 is 0 Å². The fraction of sp³-hybridized carbons (Fsp3) is 0.700. The monoisotopic (exact) mass is 165 g/mol. The second-order valence-corrected chi connectivity index (χ2v) is 4.67. The molecule has 0 bridgehead atoms. The maximum atomic E-state index is 5.38. The maximum absolute atomic E-state index is 5.38. The topological polar surface area (TPSA) is 26.0 Å². The van der Waals surface area contributed by atoms with E-state index in [9.17, 15) is 0 Å². The van der Waals surface area contributed by atoms with E-state index in [0.717, 1.165) is 5.89 Å². The van der Waals surface area contributed by atoms with Crippen molar-refractivity contribution < 1.29 is 4.42 Å². The molecule has 0 saturated heterocycles. The van der Waals surface area contributed by atoms with E-state index in [4.69, 9.17) is 4.42 Å². The molecule has 0 atom stereocenters. The molecule has 0 aromatic carbocycles. The van der Waals surface area contributed by atoms with Gasteiger partial charge in [-0.05, 0) is 18.3 Å². The average Bonchev–Trinajstić information content (AvgIpc) is 2.61. The first-order valence-electron chi connectivity index (χ1n) is 4.46. The summed E-state index contributed by atoms with van der Waals surface area (Å²) in [5.41, 5.74) is 0.508. The largest absolute Gasteiger partial charge is 0.448 e. The summed E-state index contributed by atoms with van der Waals surface area (Å²) in [4.78, 5) is 4.25. The molecule has 0 amide bonds. The highest BCUT2D eigenvalue weighted by Crippen LogP contribution is 2.58. The van der Waals surface area contributed by atoms with Crippen LogP contribution in [0.3, 0.4) is 0 Å². The summed E-state index contributed by atoms with van der Waals surface area (Å²) in [6.07, 6.45) is 5.84. The summed E-state index contributed by atoms with van der Waals surface area (Å²) >= 11 is 0. The number of hydrogen-bond acceptors (Lipinski definition) is 2. The average molecular weight is 165 g/mol. The van der Waals surface area contributed by atoms with Crippen LogP contribution in [0.25, 0.3) is 0 Å². The van der Waals surface area contributed by atoms with Crippen LogP contribution in [0, 0.1) is 5.41 Å². The van der Waals surface area contributed by atoms with Crippen molar-refractivity contribution in [3.8, 4) is 0 Å². The lowest BCUT2D eigenvalue weighted by molar-refractivity contribution is 0.249. The van der Waals surface area contributed by atoms with Crippen molar-refractivity contribution in [3.05, 3.63) is 18.4 Å². The lowest BCUT2D eigenvalue weighted by atomic mass is 9.77. The molecule has 12 heavy (non-hydrogen) atoms. The minimum atomic E-state index is 0.233. The van der Waals surface area contributed by atoms with E-state index in [-0.39, 0.29) is 10.8 Å². The minimum absolute atomic E-state index is 0.233. The Morgan fingerprint density at radius 3 is 2.42 bits per heavy atom. The summed E-state index contributed by atoms with van der Waals surface area (Å²) < 4.78 is 5.38. The highest BCUT2D eigenvalue weighted by molar-refractivity contribution is 5.20. The van der Waals surface area contributed by atoms with Crippen molar-refractivity contribution in [3.63, 3.8) is 0 Å². The molecule has 0 N–H and O–H groups in total. The number of rotatable bonds is 1. The molecule has 1 heterocycles. The quantitative estimate of drug-likeness (QED) is 0.639. The zero-order valence-electron chi connectivity index (χ0n) is 7.92. The van der Waals surface area contributed by atoms with Gasteiger partial charge in [-0.1, -0.05) is 20.8 Å². The van der Waals surface area contributed by atoms with Gasteiger partial charge < -0.3 is 4.42 Å². The smallest absolute Gasteiger partial charge is 0.200 e. The lowest BCUT2D eigenvalue weighted by Crippen LogP contribution is -2.26. The Morgan fingerprint density at radius 1 is 1.42 bits per heavy atom. The third-order valence-corrected chi connectivity index (χ3v) is 3.03. The second-order valence-electron chi connectivity index (χ2n) is 4.67. The first kappa shape index (κ1) is 7.84. The minimum Gasteiger partial charge on any atom is -0.448 e. The lowest BCUT2D eigenvalue weighted by Gasteiger charge is -2.27. The zero-order chi connectivity index (χ0) is 8.82. The highest BCUT2D eigenvalue weighted by Gasteiger charge is 2.56. The van der Waals surface area contributed by atoms with Crippen LogP contribution in [0.2, 0.25) is 0 Å². The molecule has 0 radical (unpaired) electrons. The summed E-state index contributed by atoms with van der Waals surface area (Å²) in [6, 6.07) is 0. The Balaban J connectivity index is 2.35. The van der Waals surface area contributed by atoms with Crippen LogP contribution in [0.15, 0.2) is 16.9 Å². The van der Waals surface area contributed by atoms with Crippen molar-refractivity contribution in [1.29, 1.82) is 0 Å². The summed E-state index contributed by atoms with van der Waals surface area (Å²) in [5, 5.41) is 0. The van der Waals surface area contributed by atoms with Crippen LogP contribution in [-0.4, -0.2) is 4.98 Å². The predicted molar refractivity (Wildman–Crippen MR) is 46.9 cm³/mol. The Labute approximate surface area is 73.0 Å². The fourth-order valence-corrected chi connectivity index (χ4v) is 1.87. The molecule has 2 nitrogen and oxygen atoms in total. The van der Waals surface area contributed by atoms with Crippen molar-refractivity contribution in [2.24, 2.45) is 5.41 Å². The van der Waals surface area contributed by atoms with Crippen LogP contribution >= 0.6 is 0 Å². The van der Waals surface area contributed by atoms with E-state index in [0.29, 0.717) is 0 Å². The summed E-state index contributed by atoms with van der Waals surface area (Å²) in [6.45, 7) is 6.76. The van der Waals surface area contributed by atoms with Crippen molar-refractivity contribution in [2.45, 2.75) is 39.0 Å². The molecule has 0 spiro atoms. The van der Waals surface area contributed by atoms with Crippen LogP contribution < -0.4 is 0 Å². The SMILES string of the molecule is CC(C)(C)C1(c2ncco2)CC1. The molecule has 0 unspecified atom stereocenters. The van der Waals surface area contributed by atoms with Gasteiger partial charge in [0, 0.05) is 0 Å². The van der Waals surface area contributed by atoms with Gasteiger partial charge in [0.15, 0.2) is 0 Å². The molecule has 1 aliphatic carbocycles. The van der Waals surface area contributed by atoms with Gasteiger partial charge in [0.25, 0.3) is 0 Å². The molecule has 0 aliphatic heterocycles. The van der Waals surface area contributed by atoms with Gasteiger partial charge in [0.05, 0.1) is 11.6 Å². The van der Waals surface area contributed by atoms with Crippen LogP contribution in [0.5, 0.6) is 0 Å². The molecule has 2 heteroatoms.